The maximum atomic E-state index is 11.9. The van der Waals surface area contributed by atoms with Crippen LogP contribution in [0.2, 0.25) is 0 Å². The maximum Gasteiger partial charge on any atom is 0.319 e. The van der Waals surface area contributed by atoms with Crippen LogP contribution in [0.15, 0.2) is 16.9 Å². The highest BCUT2D eigenvalue weighted by Gasteiger charge is 2.28. The van der Waals surface area contributed by atoms with Crippen LogP contribution in [0.3, 0.4) is 0 Å². The zero-order valence-corrected chi connectivity index (χ0v) is 12.1. The van der Waals surface area contributed by atoms with Crippen molar-refractivity contribution in [3.63, 3.8) is 0 Å². The second-order valence-corrected chi connectivity index (χ2v) is 5.33. The number of rotatable bonds is 2. The van der Waals surface area contributed by atoms with Crippen LogP contribution in [0.25, 0.3) is 11.6 Å². The summed E-state index contributed by atoms with van der Waals surface area (Å²) in [6.07, 6.45) is 5.03. The van der Waals surface area contributed by atoms with E-state index in [0.717, 1.165) is 12.8 Å². The molecular weight excluding hydrogens is 272 g/mol. The number of imidazole rings is 1. The Morgan fingerprint density at radius 1 is 1.43 bits per heavy atom. The minimum Gasteiger partial charge on any atom is -0.342 e. The normalized spacial score (nSPS) is 16.2. The minimum absolute atomic E-state index is 0.0512. The molecule has 0 radical (unpaired) electrons. The van der Waals surface area contributed by atoms with Crippen molar-refractivity contribution in [3.05, 3.63) is 18.3 Å². The van der Waals surface area contributed by atoms with Crippen LogP contribution in [-0.4, -0.2) is 63.1 Å². The molecule has 2 aromatic rings. The Bertz CT molecular complexity index is 598. The van der Waals surface area contributed by atoms with Crippen LogP contribution >= 0.6 is 0 Å². The molecule has 0 aromatic carbocycles. The molecule has 0 atom stereocenters. The van der Waals surface area contributed by atoms with Gasteiger partial charge >= 0.3 is 6.03 Å². The minimum atomic E-state index is 0.0512. The molecule has 21 heavy (non-hydrogen) atoms. The van der Waals surface area contributed by atoms with Crippen LogP contribution in [-0.2, 0) is 0 Å². The van der Waals surface area contributed by atoms with E-state index >= 15 is 0 Å². The fourth-order valence-electron chi connectivity index (χ4n) is 2.49. The molecule has 112 valence electrons. The topological polar surface area (TPSA) is 91.2 Å². The molecule has 3 rings (SSSR count). The summed E-state index contributed by atoms with van der Waals surface area (Å²) in [6, 6.07) is 0.0512. The number of hydrogen-bond acceptors (Lipinski definition) is 5. The number of carbonyl (C=O) groups excluding carboxylic acids is 1. The molecule has 2 aromatic heterocycles. The van der Waals surface area contributed by atoms with Crippen molar-refractivity contribution in [3.8, 4) is 11.6 Å². The van der Waals surface area contributed by atoms with Crippen LogP contribution in [0.5, 0.6) is 0 Å². The van der Waals surface area contributed by atoms with Crippen molar-refractivity contribution >= 4 is 6.03 Å². The molecule has 8 nitrogen and oxygen atoms in total. The van der Waals surface area contributed by atoms with E-state index < -0.39 is 0 Å². The van der Waals surface area contributed by atoms with Crippen molar-refractivity contribution in [1.82, 2.24) is 29.9 Å². The van der Waals surface area contributed by atoms with E-state index in [1.54, 1.807) is 31.4 Å². The summed E-state index contributed by atoms with van der Waals surface area (Å²) in [7, 11) is 3.53. The Labute approximate surface area is 122 Å². The zero-order valence-electron chi connectivity index (χ0n) is 12.1. The first-order valence-electron chi connectivity index (χ1n) is 6.94. The molecule has 1 N–H and O–H groups in total. The van der Waals surface area contributed by atoms with E-state index in [1.165, 1.54) is 0 Å². The summed E-state index contributed by atoms with van der Waals surface area (Å²) in [5.74, 6) is 1.90. The second-order valence-electron chi connectivity index (χ2n) is 5.33. The Kier molecular flexibility index (Phi) is 3.59. The third kappa shape index (κ3) is 2.74. The maximum absolute atomic E-state index is 11.9. The molecule has 8 heteroatoms. The average molecular weight is 290 g/mol. The number of urea groups is 1. The van der Waals surface area contributed by atoms with Gasteiger partial charge in [0.05, 0.1) is 0 Å². The molecular formula is C13H18N6O2. The van der Waals surface area contributed by atoms with Crippen LogP contribution in [0.4, 0.5) is 4.79 Å². The third-order valence-corrected chi connectivity index (χ3v) is 3.65. The molecule has 0 unspecified atom stereocenters. The van der Waals surface area contributed by atoms with Crippen molar-refractivity contribution in [2.24, 2.45) is 0 Å². The van der Waals surface area contributed by atoms with Crippen molar-refractivity contribution < 1.29 is 9.32 Å². The summed E-state index contributed by atoms with van der Waals surface area (Å²) in [6.45, 7) is 1.42. The SMILES string of the molecule is CN(C)C(=O)N1CCC(c2nc(-c3ncc[nH]3)no2)CC1. The van der Waals surface area contributed by atoms with Gasteiger partial charge in [-0.2, -0.15) is 4.98 Å². The first-order valence-corrected chi connectivity index (χ1v) is 6.94. The van der Waals surface area contributed by atoms with Gasteiger partial charge in [-0.1, -0.05) is 5.16 Å². The molecule has 1 aliphatic heterocycles. The molecule has 2 amide bonds. The summed E-state index contributed by atoms with van der Waals surface area (Å²) < 4.78 is 5.34. The lowest BCUT2D eigenvalue weighted by Crippen LogP contribution is -2.43. The average Bonchev–Trinajstić information content (AvgIpc) is 3.17. The number of likely N-dealkylation sites (tertiary alicyclic amines) is 1. The zero-order chi connectivity index (χ0) is 14.8. The van der Waals surface area contributed by atoms with Gasteiger partial charge < -0.3 is 19.3 Å². The van der Waals surface area contributed by atoms with Crippen molar-refractivity contribution in [2.75, 3.05) is 27.2 Å². The Morgan fingerprint density at radius 2 is 2.19 bits per heavy atom. The highest BCUT2D eigenvalue weighted by atomic mass is 16.5. The fraction of sp³-hybridized carbons (Fsp3) is 0.538. The molecule has 1 aliphatic rings. The number of aromatic nitrogens is 4. The number of carbonyl (C=O) groups is 1. The number of aromatic amines is 1. The molecule has 0 aliphatic carbocycles. The number of nitrogens with one attached hydrogen (secondary N) is 1. The number of amides is 2. The predicted octanol–water partition coefficient (Wildman–Crippen LogP) is 1.32. The lowest BCUT2D eigenvalue weighted by molar-refractivity contribution is 0.152. The summed E-state index contributed by atoms with van der Waals surface area (Å²) >= 11 is 0. The van der Waals surface area contributed by atoms with E-state index in [2.05, 4.69) is 20.1 Å². The van der Waals surface area contributed by atoms with Crippen molar-refractivity contribution in [2.45, 2.75) is 18.8 Å². The van der Waals surface area contributed by atoms with Gasteiger partial charge in [0, 0.05) is 45.5 Å². The Morgan fingerprint density at radius 3 is 2.81 bits per heavy atom. The lowest BCUT2D eigenvalue weighted by Gasteiger charge is -2.32. The number of hydrogen-bond donors (Lipinski definition) is 1. The number of piperidine rings is 1. The summed E-state index contributed by atoms with van der Waals surface area (Å²) in [5.41, 5.74) is 0. The van der Waals surface area contributed by atoms with Crippen molar-refractivity contribution in [1.29, 1.82) is 0 Å². The lowest BCUT2D eigenvalue weighted by atomic mass is 9.97. The predicted molar refractivity (Wildman–Crippen MR) is 74.5 cm³/mol. The third-order valence-electron chi connectivity index (χ3n) is 3.65. The van der Waals surface area contributed by atoms with Gasteiger partial charge in [-0.25, -0.2) is 9.78 Å². The number of nitrogens with zero attached hydrogens (tertiary/aromatic N) is 5. The van der Waals surface area contributed by atoms with Gasteiger partial charge in [-0.3, -0.25) is 0 Å². The molecule has 0 bridgehead atoms. The van der Waals surface area contributed by atoms with Crippen LogP contribution in [0.1, 0.15) is 24.7 Å². The monoisotopic (exact) mass is 290 g/mol. The molecule has 0 saturated carbocycles. The molecule has 1 saturated heterocycles. The van der Waals surface area contributed by atoms with Gasteiger partial charge in [-0.05, 0) is 12.8 Å². The van der Waals surface area contributed by atoms with Gasteiger partial charge in [0.2, 0.25) is 11.7 Å². The number of H-pyrrole nitrogens is 1. The quantitative estimate of drug-likeness (QED) is 0.900. The van der Waals surface area contributed by atoms with Crippen LogP contribution in [0, 0.1) is 0 Å². The smallest absolute Gasteiger partial charge is 0.319 e. The Hall–Kier alpha value is -2.38. The molecule has 1 fully saturated rings. The standard InChI is InChI=1S/C13H18N6O2/c1-18(2)13(20)19-7-3-9(4-8-19)12-16-11(17-21-12)10-14-5-6-15-10/h5-6,9H,3-4,7-8H2,1-2H3,(H,14,15). The molecule has 0 spiro atoms. The second kappa shape index (κ2) is 5.55. The van der Waals surface area contributed by atoms with Gasteiger partial charge in [0.15, 0.2) is 5.82 Å². The van der Waals surface area contributed by atoms with E-state index in [-0.39, 0.29) is 11.9 Å². The van der Waals surface area contributed by atoms with Gasteiger partial charge in [0.25, 0.3) is 0 Å². The van der Waals surface area contributed by atoms with E-state index in [4.69, 9.17) is 4.52 Å². The first kappa shape index (κ1) is 13.6. The molecule has 3 heterocycles. The fourth-order valence-corrected chi connectivity index (χ4v) is 2.49. The summed E-state index contributed by atoms with van der Waals surface area (Å²) in [4.78, 5) is 26.8. The summed E-state index contributed by atoms with van der Waals surface area (Å²) in [5, 5.41) is 3.95. The van der Waals surface area contributed by atoms with E-state index in [9.17, 15) is 4.79 Å². The largest absolute Gasteiger partial charge is 0.342 e. The first-order chi connectivity index (χ1) is 10.1. The van der Waals surface area contributed by atoms with E-state index in [0.29, 0.717) is 30.6 Å². The van der Waals surface area contributed by atoms with Gasteiger partial charge in [0.1, 0.15) is 0 Å². The Balaban J connectivity index is 1.64. The highest BCUT2D eigenvalue weighted by molar-refractivity contribution is 5.73. The highest BCUT2D eigenvalue weighted by Crippen LogP contribution is 2.28. The van der Waals surface area contributed by atoms with Gasteiger partial charge in [-0.15, -0.1) is 0 Å². The van der Waals surface area contributed by atoms with E-state index in [1.807, 2.05) is 4.90 Å². The van der Waals surface area contributed by atoms with Crippen LogP contribution < -0.4 is 0 Å².